The van der Waals surface area contributed by atoms with Gasteiger partial charge in [-0.1, -0.05) is 0 Å². The summed E-state index contributed by atoms with van der Waals surface area (Å²) < 4.78 is 0. The van der Waals surface area contributed by atoms with Crippen LogP contribution >= 0.6 is 0 Å². The van der Waals surface area contributed by atoms with Gasteiger partial charge in [-0.05, 0) is 54.3 Å². The molecule has 0 aliphatic carbocycles. The van der Waals surface area contributed by atoms with Crippen LogP contribution in [0.1, 0.15) is 11.1 Å². The highest BCUT2D eigenvalue weighted by molar-refractivity contribution is 5.65. The number of hydrogen-bond donors (Lipinski definition) is 3. The number of aryl methyl sites for hydroxylation is 1. The summed E-state index contributed by atoms with van der Waals surface area (Å²) in [6, 6.07) is 7.46. The third-order valence-corrected chi connectivity index (χ3v) is 2.70. The number of H-pyrrole nitrogens is 1. The van der Waals surface area contributed by atoms with E-state index in [4.69, 9.17) is 5.11 Å². The van der Waals surface area contributed by atoms with E-state index >= 15 is 0 Å². The molecule has 0 unspecified atom stereocenters. The van der Waals surface area contributed by atoms with Crippen LogP contribution < -0.4 is 0 Å². The second kappa shape index (κ2) is 4.41. The van der Waals surface area contributed by atoms with Crippen molar-refractivity contribution >= 4 is 0 Å². The lowest BCUT2D eigenvalue weighted by molar-refractivity contribution is 0.300. The molecule has 3 nitrogen and oxygen atoms in total. The van der Waals surface area contributed by atoms with Gasteiger partial charge in [0.1, 0.15) is 5.75 Å². The molecule has 1 aromatic heterocycles. The van der Waals surface area contributed by atoms with Gasteiger partial charge in [-0.3, -0.25) is 0 Å². The topological polar surface area (TPSA) is 56.2 Å². The van der Waals surface area contributed by atoms with Crippen LogP contribution in [-0.4, -0.2) is 21.8 Å². The van der Waals surface area contributed by atoms with Crippen molar-refractivity contribution in [2.45, 2.75) is 13.3 Å². The fraction of sp³-hybridized carbons (Fsp3) is 0.231. The van der Waals surface area contributed by atoms with E-state index in [0.717, 1.165) is 22.4 Å². The molecule has 1 heterocycles. The highest BCUT2D eigenvalue weighted by Gasteiger charge is 2.07. The second-order valence-corrected chi connectivity index (χ2v) is 3.85. The quantitative estimate of drug-likeness (QED) is 0.738. The number of aromatic nitrogens is 1. The summed E-state index contributed by atoms with van der Waals surface area (Å²) >= 11 is 0. The Morgan fingerprint density at radius 1 is 1.25 bits per heavy atom. The number of aliphatic hydroxyl groups excluding tert-OH is 1. The smallest absolute Gasteiger partial charge is 0.118 e. The summed E-state index contributed by atoms with van der Waals surface area (Å²) in [6.45, 7) is 2.01. The fourth-order valence-electron chi connectivity index (χ4n) is 1.81. The standard InChI is InChI=1S/C13H15NO2/c1-9-8-11(2-3-12(9)16)13-10(5-7-15)4-6-14-13/h2-4,6,8,14-16H,5,7H2,1H3. The first-order chi connectivity index (χ1) is 7.72. The van der Waals surface area contributed by atoms with Gasteiger partial charge in [-0.25, -0.2) is 0 Å². The van der Waals surface area contributed by atoms with Crippen molar-refractivity contribution in [3.63, 3.8) is 0 Å². The van der Waals surface area contributed by atoms with Crippen LogP contribution in [0.3, 0.4) is 0 Å². The van der Waals surface area contributed by atoms with Crippen molar-refractivity contribution in [1.82, 2.24) is 4.98 Å². The Bertz CT molecular complexity index is 488. The van der Waals surface area contributed by atoms with Gasteiger partial charge in [-0.2, -0.15) is 0 Å². The minimum atomic E-state index is 0.141. The van der Waals surface area contributed by atoms with Crippen LogP contribution in [0.15, 0.2) is 30.5 Å². The lowest BCUT2D eigenvalue weighted by Gasteiger charge is -2.05. The molecule has 0 bridgehead atoms. The molecule has 0 amide bonds. The first-order valence-corrected chi connectivity index (χ1v) is 5.29. The van der Waals surface area contributed by atoms with Crippen LogP contribution in [0.4, 0.5) is 0 Å². The van der Waals surface area contributed by atoms with Crippen molar-refractivity contribution in [3.05, 3.63) is 41.6 Å². The van der Waals surface area contributed by atoms with Crippen molar-refractivity contribution in [1.29, 1.82) is 0 Å². The van der Waals surface area contributed by atoms with Gasteiger partial charge in [0.2, 0.25) is 0 Å². The lowest BCUT2D eigenvalue weighted by atomic mass is 10.0. The Kier molecular flexibility index (Phi) is 2.97. The number of phenolic OH excluding ortho intramolecular Hbond substituents is 1. The second-order valence-electron chi connectivity index (χ2n) is 3.85. The zero-order valence-electron chi connectivity index (χ0n) is 9.20. The van der Waals surface area contributed by atoms with Crippen LogP contribution in [0.2, 0.25) is 0 Å². The summed E-state index contributed by atoms with van der Waals surface area (Å²) in [6.07, 6.45) is 2.50. The van der Waals surface area contributed by atoms with Crippen LogP contribution in [0.5, 0.6) is 5.75 Å². The number of phenols is 1. The van der Waals surface area contributed by atoms with Crippen molar-refractivity contribution < 1.29 is 10.2 Å². The SMILES string of the molecule is Cc1cc(-c2[nH]ccc2CCO)ccc1O. The van der Waals surface area contributed by atoms with Gasteiger partial charge in [0.25, 0.3) is 0 Å². The molecule has 3 heteroatoms. The molecule has 0 aliphatic heterocycles. The number of rotatable bonds is 3. The predicted molar refractivity (Wildman–Crippen MR) is 63.4 cm³/mol. The number of aromatic hydroxyl groups is 1. The Hall–Kier alpha value is -1.74. The van der Waals surface area contributed by atoms with E-state index in [0.29, 0.717) is 12.2 Å². The Morgan fingerprint density at radius 3 is 2.75 bits per heavy atom. The van der Waals surface area contributed by atoms with Gasteiger partial charge in [0.05, 0.1) is 0 Å². The van der Waals surface area contributed by atoms with E-state index in [1.807, 2.05) is 31.3 Å². The summed E-state index contributed by atoms with van der Waals surface area (Å²) in [4.78, 5) is 3.16. The first kappa shape index (κ1) is 10.8. The Morgan fingerprint density at radius 2 is 2.06 bits per heavy atom. The number of nitrogens with one attached hydrogen (secondary N) is 1. The molecule has 0 spiro atoms. The van der Waals surface area contributed by atoms with Gasteiger partial charge in [0, 0.05) is 18.5 Å². The van der Waals surface area contributed by atoms with Crippen LogP contribution in [0.25, 0.3) is 11.3 Å². The highest BCUT2D eigenvalue weighted by Crippen LogP contribution is 2.26. The monoisotopic (exact) mass is 217 g/mol. The van der Waals surface area contributed by atoms with E-state index in [9.17, 15) is 5.11 Å². The minimum Gasteiger partial charge on any atom is -0.508 e. The molecule has 2 aromatic rings. The molecule has 84 valence electrons. The van der Waals surface area contributed by atoms with Crippen molar-refractivity contribution in [2.24, 2.45) is 0 Å². The highest BCUT2D eigenvalue weighted by atomic mass is 16.3. The van der Waals surface area contributed by atoms with Crippen molar-refractivity contribution in [3.8, 4) is 17.0 Å². The van der Waals surface area contributed by atoms with E-state index in [-0.39, 0.29) is 6.61 Å². The van der Waals surface area contributed by atoms with Crippen molar-refractivity contribution in [2.75, 3.05) is 6.61 Å². The summed E-state index contributed by atoms with van der Waals surface area (Å²) in [7, 11) is 0. The largest absolute Gasteiger partial charge is 0.508 e. The zero-order chi connectivity index (χ0) is 11.5. The maximum absolute atomic E-state index is 9.46. The normalized spacial score (nSPS) is 10.6. The lowest BCUT2D eigenvalue weighted by Crippen LogP contribution is -1.92. The number of benzene rings is 1. The molecular formula is C13H15NO2. The van der Waals surface area contributed by atoms with E-state index in [1.165, 1.54) is 0 Å². The van der Waals surface area contributed by atoms with Gasteiger partial charge < -0.3 is 15.2 Å². The number of aromatic amines is 1. The fourth-order valence-corrected chi connectivity index (χ4v) is 1.81. The third kappa shape index (κ3) is 1.95. The van der Waals surface area contributed by atoms with Gasteiger partial charge >= 0.3 is 0 Å². The molecule has 16 heavy (non-hydrogen) atoms. The summed E-state index contributed by atoms with van der Waals surface area (Å²) in [5.74, 6) is 0.305. The molecule has 0 aliphatic rings. The Balaban J connectivity index is 2.42. The molecule has 0 fully saturated rings. The zero-order valence-corrected chi connectivity index (χ0v) is 9.20. The number of hydrogen-bond acceptors (Lipinski definition) is 2. The predicted octanol–water partition coefficient (Wildman–Crippen LogP) is 2.23. The molecule has 0 saturated carbocycles. The maximum atomic E-state index is 9.46. The first-order valence-electron chi connectivity index (χ1n) is 5.29. The Labute approximate surface area is 94.4 Å². The molecule has 0 radical (unpaired) electrons. The molecular weight excluding hydrogens is 202 g/mol. The molecule has 0 atom stereocenters. The molecule has 0 saturated heterocycles. The average Bonchev–Trinajstić information content (AvgIpc) is 2.71. The third-order valence-electron chi connectivity index (χ3n) is 2.70. The van der Waals surface area contributed by atoms with E-state index in [2.05, 4.69) is 4.98 Å². The summed E-state index contributed by atoms with van der Waals surface area (Å²) in [5.41, 5.74) is 3.98. The molecule has 1 aromatic carbocycles. The molecule has 3 N–H and O–H groups in total. The van der Waals surface area contributed by atoms with Gasteiger partial charge in [-0.15, -0.1) is 0 Å². The maximum Gasteiger partial charge on any atom is 0.118 e. The van der Waals surface area contributed by atoms with Crippen LogP contribution in [-0.2, 0) is 6.42 Å². The minimum absolute atomic E-state index is 0.141. The van der Waals surface area contributed by atoms with Gasteiger partial charge in [0.15, 0.2) is 0 Å². The van der Waals surface area contributed by atoms with E-state index < -0.39 is 0 Å². The summed E-state index contributed by atoms with van der Waals surface area (Å²) in [5, 5.41) is 18.4. The van der Waals surface area contributed by atoms with Crippen LogP contribution in [0, 0.1) is 6.92 Å². The average molecular weight is 217 g/mol. The number of aliphatic hydroxyl groups is 1. The molecule has 2 rings (SSSR count). The van der Waals surface area contributed by atoms with E-state index in [1.54, 1.807) is 6.07 Å².